The van der Waals surface area contributed by atoms with E-state index in [0.29, 0.717) is 0 Å². The first-order valence-corrected chi connectivity index (χ1v) is 5.52. The summed E-state index contributed by atoms with van der Waals surface area (Å²) in [5, 5.41) is 14.1. The molecule has 0 saturated heterocycles. The highest BCUT2D eigenvalue weighted by atomic mass is 15.2. The van der Waals surface area contributed by atoms with Crippen LogP contribution in [0.25, 0.3) is 11.4 Å². The molecule has 2 aromatic heterocycles. The molecule has 16 heavy (non-hydrogen) atoms. The zero-order valence-electron chi connectivity index (χ0n) is 9.70. The van der Waals surface area contributed by atoms with Gasteiger partial charge in [-0.15, -0.1) is 0 Å². The molecule has 0 amide bonds. The normalized spacial score (nSPS) is 11.2. The van der Waals surface area contributed by atoms with Gasteiger partial charge in [0.05, 0.1) is 0 Å². The summed E-state index contributed by atoms with van der Waals surface area (Å²) < 4.78 is 0. The molecule has 0 radical (unpaired) electrons. The Kier molecular flexibility index (Phi) is 3.36. The van der Waals surface area contributed by atoms with E-state index >= 15 is 0 Å². The summed E-state index contributed by atoms with van der Waals surface area (Å²) in [6.07, 6.45) is 4.91. The van der Waals surface area contributed by atoms with Gasteiger partial charge in [0, 0.05) is 24.5 Å². The summed E-state index contributed by atoms with van der Waals surface area (Å²) in [4.78, 5) is 2.28. The van der Waals surface area contributed by atoms with Crippen LogP contribution in [-0.2, 0) is 6.54 Å². The maximum atomic E-state index is 4.24. The molecule has 0 bridgehead atoms. The van der Waals surface area contributed by atoms with Gasteiger partial charge in [0.25, 0.3) is 0 Å². The number of nitrogens with zero attached hydrogens (tertiary/aromatic N) is 3. The monoisotopic (exact) mass is 219 g/mol. The molecule has 2 heterocycles. The second-order valence-corrected chi connectivity index (χ2v) is 3.96. The largest absolute Gasteiger partial charge is 0.302 e. The van der Waals surface area contributed by atoms with Crippen molar-refractivity contribution in [1.29, 1.82) is 0 Å². The Labute approximate surface area is 94.9 Å². The fourth-order valence-electron chi connectivity index (χ4n) is 1.80. The number of hydrogen-bond acceptors (Lipinski definition) is 3. The maximum absolute atomic E-state index is 4.24. The van der Waals surface area contributed by atoms with E-state index in [9.17, 15) is 0 Å². The third kappa shape index (κ3) is 2.30. The van der Waals surface area contributed by atoms with E-state index in [0.717, 1.165) is 30.9 Å². The lowest BCUT2D eigenvalue weighted by atomic mass is 10.2. The van der Waals surface area contributed by atoms with Gasteiger partial charge in [0.1, 0.15) is 11.4 Å². The number of hydrogen-bond donors (Lipinski definition) is 2. The van der Waals surface area contributed by atoms with E-state index in [1.54, 1.807) is 0 Å². The van der Waals surface area contributed by atoms with Crippen molar-refractivity contribution >= 4 is 0 Å². The first kappa shape index (κ1) is 10.9. The van der Waals surface area contributed by atoms with Crippen molar-refractivity contribution in [3.05, 3.63) is 24.0 Å². The van der Waals surface area contributed by atoms with Gasteiger partial charge < -0.3 is 4.90 Å². The number of aromatic amines is 2. The van der Waals surface area contributed by atoms with E-state index in [1.807, 2.05) is 18.5 Å². The quantitative estimate of drug-likeness (QED) is 0.803. The van der Waals surface area contributed by atoms with Crippen LogP contribution in [0.3, 0.4) is 0 Å². The molecule has 0 spiro atoms. The fraction of sp³-hybridized carbons (Fsp3) is 0.455. The van der Waals surface area contributed by atoms with Gasteiger partial charge >= 0.3 is 0 Å². The zero-order chi connectivity index (χ0) is 11.4. The molecule has 5 heteroatoms. The van der Waals surface area contributed by atoms with E-state index in [-0.39, 0.29) is 0 Å². The number of aromatic nitrogens is 4. The Bertz CT molecular complexity index is 417. The average Bonchev–Trinajstić information content (AvgIpc) is 2.86. The van der Waals surface area contributed by atoms with Crippen LogP contribution in [0, 0.1) is 0 Å². The Morgan fingerprint density at radius 2 is 2.19 bits per heavy atom. The van der Waals surface area contributed by atoms with Gasteiger partial charge in [-0.05, 0) is 26.1 Å². The van der Waals surface area contributed by atoms with E-state index < -0.39 is 0 Å². The lowest BCUT2D eigenvalue weighted by Gasteiger charge is -2.14. The van der Waals surface area contributed by atoms with Crippen molar-refractivity contribution in [3.8, 4) is 11.4 Å². The first-order valence-electron chi connectivity index (χ1n) is 5.52. The average molecular weight is 219 g/mol. The zero-order valence-corrected chi connectivity index (χ0v) is 9.70. The number of rotatable bonds is 5. The molecule has 5 nitrogen and oxygen atoms in total. The lowest BCUT2D eigenvalue weighted by Crippen LogP contribution is -2.18. The van der Waals surface area contributed by atoms with Crippen LogP contribution in [0.2, 0.25) is 0 Å². The van der Waals surface area contributed by atoms with Crippen molar-refractivity contribution in [2.75, 3.05) is 13.6 Å². The van der Waals surface area contributed by atoms with E-state index in [1.165, 1.54) is 5.56 Å². The maximum Gasteiger partial charge on any atom is 0.117 e. The van der Waals surface area contributed by atoms with E-state index in [4.69, 9.17) is 0 Å². The third-order valence-corrected chi connectivity index (χ3v) is 2.51. The Morgan fingerprint density at radius 1 is 1.31 bits per heavy atom. The van der Waals surface area contributed by atoms with Crippen LogP contribution < -0.4 is 0 Å². The molecule has 0 saturated carbocycles. The second-order valence-electron chi connectivity index (χ2n) is 3.96. The van der Waals surface area contributed by atoms with Gasteiger partial charge in [-0.1, -0.05) is 6.92 Å². The Hall–Kier alpha value is -1.62. The third-order valence-electron chi connectivity index (χ3n) is 2.51. The van der Waals surface area contributed by atoms with Crippen LogP contribution in [0.1, 0.15) is 18.9 Å². The summed E-state index contributed by atoms with van der Waals surface area (Å²) in [7, 11) is 2.12. The molecule has 86 valence electrons. The SMILES string of the molecule is CCCN(C)Cc1c[nH]nc1-c1cc[nH]n1. The molecular formula is C11H17N5. The van der Waals surface area contributed by atoms with Crippen molar-refractivity contribution in [1.82, 2.24) is 25.3 Å². The molecule has 2 aromatic rings. The number of nitrogens with one attached hydrogen (secondary N) is 2. The minimum absolute atomic E-state index is 0.890. The molecule has 2 rings (SSSR count). The van der Waals surface area contributed by atoms with Crippen LogP contribution in [0.5, 0.6) is 0 Å². The molecule has 0 aromatic carbocycles. The highest BCUT2D eigenvalue weighted by Gasteiger charge is 2.11. The van der Waals surface area contributed by atoms with Gasteiger partial charge in [-0.2, -0.15) is 10.2 Å². The minimum atomic E-state index is 0.890. The molecule has 2 N–H and O–H groups in total. The van der Waals surface area contributed by atoms with Crippen LogP contribution in [0.4, 0.5) is 0 Å². The molecule has 0 aliphatic rings. The van der Waals surface area contributed by atoms with Gasteiger partial charge in [0.2, 0.25) is 0 Å². The standard InChI is InChI=1S/C11H17N5/c1-3-6-16(2)8-9-7-13-15-11(9)10-4-5-12-14-10/h4-5,7H,3,6,8H2,1-2H3,(H,12,14)(H,13,15). The molecular weight excluding hydrogens is 202 g/mol. The van der Waals surface area contributed by atoms with Gasteiger partial charge in [0.15, 0.2) is 0 Å². The summed E-state index contributed by atoms with van der Waals surface area (Å²) in [6, 6.07) is 1.93. The van der Waals surface area contributed by atoms with Crippen LogP contribution >= 0.6 is 0 Å². The minimum Gasteiger partial charge on any atom is -0.302 e. The molecule has 0 fully saturated rings. The Balaban J connectivity index is 2.14. The fourth-order valence-corrected chi connectivity index (χ4v) is 1.80. The summed E-state index contributed by atoms with van der Waals surface area (Å²) in [5.74, 6) is 0. The molecule has 0 aliphatic carbocycles. The number of H-pyrrole nitrogens is 2. The first-order chi connectivity index (χ1) is 7.81. The lowest BCUT2D eigenvalue weighted by molar-refractivity contribution is 0.328. The molecule has 0 atom stereocenters. The van der Waals surface area contributed by atoms with Gasteiger partial charge in [-0.25, -0.2) is 0 Å². The van der Waals surface area contributed by atoms with Crippen LogP contribution in [-0.4, -0.2) is 38.9 Å². The van der Waals surface area contributed by atoms with E-state index in [2.05, 4.69) is 39.3 Å². The topological polar surface area (TPSA) is 60.6 Å². The smallest absolute Gasteiger partial charge is 0.117 e. The second kappa shape index (κ2) is 4.94. The predicted molar refractivity (Wildman–Crippen MR) is 62.8 cm³/mol. The van der Waals surface area contributed by atoms with Crippen LogP contribution in [0.15, 0.2) is 18.5 Å². The highest BCUT2D eigenvalue weighted by Crippen LogP contribution is 2.19. The Morgan fingerprint density at radius 3 is 2.88 bits per heavy atom. The van der Waals surface area contributed by atoms with Crippen molar-refractivity contribution < 1.29 is 0 Å². The summed E-state index contributed by atoms with van der Waals surface area (Å²) in [5.41, 5.74) is 3.01. The summed E-state index contributed by atoms with van der Waals surface area (Å²) >= 11 is 0. The van der Waals surface area contributed by atoms with Crippen molar-refractivity contribution in [2.24, 2.45) is 0 Å². The molecule has 0 unspecified atom stereocenters. The van der Waals surface area contributed by atoms with Crippen molar-refractivity contribution in [3.63, 3.8) is 0 Å². The molecule has 0 aliphatic heterocycles. The predicted octanol–water partition coefficient (Wildman–Crippen LogP) is 1.64. The summed E-state index contributed by atoms with van der Waals surface area (Å²) in [6.45, 7) is 4.16. The van der Waals surface area contributed by atoms with Crippen molar-refractivity contribution in [2.45, 2.75) is 19.9 Å². The highest BCUT2D eigenvalue weighted by molar-refractivity contribution is 5.57. The van der Waals surface area contributed by atoms with Gasteiger partial charge in [-0.3, -0.25) is 10.2 Å².